The van der Waals surface area contributed by atoms with E-state index in [4.69, 9.17) is 11.9 Å². The molecule has 0 aliphatic rings. The number of aromatic amines is 1. The van der Waals surface area contributed by atoms with E-state index in [1.807, 2.05) is 32.0 Å². The molecule has 1 N–H and O–H groups in total. The minimum Gasteiger partial charge on any atom is -0.343 e. The molecule has 1 heterocycles. The van der Waals surface area contributed by atoms with Crippen LogP contribution in [0.4, 0.5) is 0 Å². The number of nitrogens with one attached hydrogen (secondary N) is 1. The Morgan fingerprint density at radius 2 is 1.95 bits per heavy atom. The van der Waals surface area contributed by atoms with Gasteiger partial charge in [0.1, 0.15) is 11.9 Å². The fourth-order valence-electron chi connectivity index (χ4n) is 2.15. The van der Waals surface area contributed by atoms with Gasteiger partial charge in [0.05, 0.1) is 11.3 Å². The number of benzene rings is 1. The molecule has 0 aliphatic carbocycles. The summed E-state index contributed by atoms with van der Waals surface area (Å²) in [5, 5.41) is 6.60. The average molecular weight is 321 g/mol. The fourth-order valence-corrected chi connectivity index (χ4v) is 2.23. The Hall–Kier alpha value is -2.14. The van der Waals surface area contributed by atoms with Crippen LogP contribution in [0.25, 0.3) is 0 Å². The molecule has 1 aromatic carbocycles. The Morgan fingerprint density at radius 1 is 1.27 bits per heavy atom. The van der Waals surface area contributed by atoms with Crippen LogP contribution in [0.2, 0.25) is 0 Å². The number of carbonyl (C=O) groups excluding carboxylic acids is 1. The van der Waals surface area contributed by atoms with Crippen LogP contribution < -0.4 is 5.56 Å². The second-order valence-electron chi connectivity index (χ2n) is 5.36. The van der Waals surface area contributed by atoms with E-state index >= 15 is 0 Å². The third-order valence-corrected chi connectivity index (χ3v) is 3.58. The van der Waals surface area contributed by atoms with Gasteiger partial charge in [-0.2, -0.15) is 5.10 Å². The van der Waals surface area contributed by atoms with Crippen LogP contribution in [0.15, 0.2) is 35.1 Å². The highest BCUT2D eigenvalue weighted by Gasteiger charge is 2.08. The van der Waals surface area contributed by atoms with Gasteiger partial charge in [-0.25, -0.2) is 9.89 Å². The van der Waals surface area contributed by atoms with E-state index in [1.54, 1.807) is 12.1 Å². The molecule has 0 bridgehead atoms. The van der Waals surface area contributed by atoms with E-state index in [9.17, 15) is 9.59 Å². The third kappa shape index (κ3) is 3.95. The molecule has 0 radical (unpaired) electrons. The number of halogens is 1. The Labute approximate surface area is 133 Å². The highest BCUT2D eigenvalue weighted by Crippen LogP contribution is 2.12. The number of hydrogen-bond acceptors (Lipinski definition) is 4. The first-order valence-electron chi connectivity index (χ1n) is 7.01. The van der Waals surface area contributed by atoms with Gasteiger partial charge in [0.2, 0.25) is 0 Å². The zero-order valence-electron chi connectivity index (χ0n) is 12.4. The lowest BCUT2D eigenvalue weighted by atomic mass is 10.0. The van der Waals surface area contributed by atoms with Crippen molar-refractivity contribution in [2.75, 3.05) is 0 Å². The zero-order valence-corrected chi connectivity index (χ0v) is 13.2. The minimum atomic E-state index is -0.572. The Morgan fingerprint density at radius 3 is 2.55 bits per heavy atom. The van der Waals surface area contributed by atoms with Crippen molar-refractivity contribution in [2.45, 2.75) is 32.6 Å². The predicted molar refractivity (Wildman–Crippen MR) is 84.1 cm³/mol. The van der Waals surface area contributed by atoms with Crippen molar-refractivity contribution in [2.24, 2.45) is 0 Å². The second kappa shape index (κ2) is 7.22. The number of rotatable bonds is 5. The van der Waals surface area contributed by atoms with Gasteiger partial charge in [-0.1, -0.05) is 26.0 Å². The molecule has 0 atom stereocenters. The molecule has 5 nitrogen and oxygen atoms in total. The highest BCUT2D eigenvalue weighted by molar-refractivity contribution is 6.15. The maximum atomic E-state index is 11.6. The number of aryl methyl sites for hydroxylation is 2. The minimum absolute atomic E-state index is 0.136. The van der Waals surface area contributed by atoms with Crippen LogP contribution in [0, 0.1) is 0 Å². The largest absolute Gasteiger partial charge is 0.356 e. The van der Waals surface area contributed by atoms with Crippen molar-refractivity contribution in [3.8, 4) is 0 Å². The smallest absolute Gasteiger partial charge is 0.343 e. The molecule has 116 valence electrons. The predicted octanol–water partition coefficient (Wildman–Crippen LogP) is 2.99. The number of nitrogens with zero attached hydrogens (tertiary/aromatic N) is 1. The van der Waals surface area contributed by atoms with Crippen molar-refractivity contribution >= 4 is 17.8 Å². The van der Waals surface area contributed by atoms with Crippen molar-refractivity contribution < 1.29 is 9.08 Å². The van der Waals surface area contributed by atoms with Crippen molar-refractivity contribution in [3.05, 3.63) is 63.1 Å². The van der Waals surface area contributed by atoms with Gasteiger partial charge in [-0.15, -0.1) is 0 Å². The number of aromatic nitrogens is 2. The van der Waals surface area contributed by atoms with Crippen LogP contribution in [-0.2, 0) is 17.1 Å². The molecule has 2 rings (SSSR count). The average Bonchev–Trinajstić information content (AvgIpc) is 2.53. The van der Waals surface area contributed by atoms with Gasteiger partial charge in [-0.3, -0.25) is 4.79 Å². The van der Waals surface area contributed by atoms with E-state index < -0.39 is 5.97 Å². The SMILES string of the molecule is CC(C)c1cc(CCc2ccc(C(=O)OCl)cc2)n[nH]c1=O. The standard InChI is InChI=1S/C16H17ClN2O3/c1-10(2)14-9-13(18-19-15(14)20)8-5-11-3-6-12(7-4-11)16(21)22-17/h3-4,6-7,9-10H,5,8H2,1-2H3,(H,19,20). The molecule has 0 saturated heterocycles. The molecular weight excluding hydrogens is 304 g/mol. The van der Waals surface area contributed by atoms with Crippen LogP contribution in [0.1, 0.15) is 46.9 Å². The fraction of sp³-hybridized carbons (Fsp3) is 0.312. The Kier molecular flexibility index (Phi) is 5.33. The zero-order chi connectivity index (χ0) is 16.1. The maximum absolute atomic E-state index is 11.6. The molecular formula is C16H17ClN2O3. The summed E-state index contributed by atoms with van der Waals surface area (Å²) in [7, 11) is 0. The maximum Gasteiger partial charge on any atom is 0.356 e. The van der Waals surface area contributed by atoms with Crippen LogP contribution in [-0.4, -0.2) is 16.2 Å². The first-order chi connectivity index (χ1) is 10.5. The van der Waals surface area contributed by atoms with E-state index in [1.165, 1.54) is 0 Å². The molecule has 0 saturated carbocycles. The Bertz CT molecular complexity index is 708. The van der Waals surface area contributed by atoms with Gasteiger partial charge in [0.25, 0.3) is 5.56 Å². The molecule has 22 heavy (non-hydrogen) atoms. The highest BCUT2D eigenvalue weighted by atomic mass is 35.5. The Balaban J connectivity index is 2.05. The van der Waals surface area contributed by atoms with Crippen molar-refractivity contribution in [3.63, 3.8) is 0 Å². The van der Waals surface area contributed by atoms with Gasteiger partial charge >= 0.3 is 5.97 Å². The van der Waals surface area contributed by atoms with Gasteiger partial charge in [0, 0.05) is 5.56 Å². The van der Waals surface area contributed by atoms with Crippen molar-refractivity contribution in [1.82, 2.24) is 10.2 Å². The lowest BCUT2D eigenvalue weighted by Crippen LogP contribution is -2.17. The molecule has 0 amide bonds. The molecule has 0 fully saturated rings. The summed E-state index contributed by atoms with van der Waals surface area (Å²) in [5.41, 5.74) is 2.91. The number of carbonyl (C=O) groups is 1. The van der Waals surface area contributed by atoms with Crippen LogP contribution >= 0.6 is 11.9 Å². The normalized spacial score (nSPS) is 10.7. The summed E-state index contributed by atoms with van der Waals surface area (Å²) in [6.07, 6.45) is 1.46. The molecule has 6 heteroatoms. The summed E-state index contributed by atoms with van der Waals surface area (Å²) in [5.74, 6) is -0.413. The van der Waals surface area contributed by atoms with E-state index in [0.29, 0.717) is 12.0 Å². The molecule has 0 spiro atoms. The van der Waals surface area contributed by atoms with Crippen LogP contribution in [0.3, 0.4) is 0 Å². The molecule has 1 aromatic heterocycles. The first kappa shape index (κ1) is 16.2. The monoisotopic (exact) mass is 320 g/mol. The van der Waals surface area contributed by atoms with E-state index in [2.05, 4.69) is 14.5 Å². The molecule has 0 unspecified atom stereocenters. The van der Waals surface area contributed by atoms with Gasteiger partial charge in [-0.05, 0) is 42.5 Å². The van der Waals surface area contributed by atoms with Gasteiger partial charge < -0.3 is 4.29 Å². The first-order valence-corrected chi connectivity index (χ1v) is 7.32. The van der Waals surface area contributed by atoms with E-state index in [-0.39, 0.29) is 11.5 Å². The number of hydrogen-bond donors (Lipinski definition) is 1. The van der Waals surface area contributed by atoms with Crippen LogP contribution in [0.5, 0.6) is 0 Å². The summed E-state index contributed by atoms with van der Waals surface area (Å²) in [4.78, 5) is 22.9. The van der Waals surface area contributed by atoms with Gasteiger partial charge in [0.15, 0.2) is 0 Å². The van der Waals surface area contributed by atoms with E-state index in [0.717, 1.165) is 23.2 Å². The second-order valence-corrected chi connectivity index (χ2v) is 5.51. The summed E-state index contributed by atoms with van der Waals surface area (Å²) in [6, 6.07) is 8.87. The molecule has 0 aliphatic heterocycles. The topological polar surface area (TPSA) is 72.0 Å². The van der Waals surface area contributed by atoms with Crippen molar-refractivity contribution in [1.29, 1.82) is 0 Å². The third-order valence-electron chi connectivity index (χ3n) is 3.44. The summed E-state index contributed by atoms with van der Waals surface area (Å²) in [6.45, 7) is 3.95. The lowest BCUT2D eigenvalue weighted by molar-refractivity contribution is 0.0751. The summed E-state index contributed by atoms with van der Waals surface area (Å²) >= 11 is 5.03. The lowest BCUT2D eigenvalue weighted by Gasteiger charge is -2.06. The quantitative estimate of drug-likeness (QED) is 0.919. The molecule has 2 aromatic rings. The number of H-pyrrole nitrogens is 1. The summed E-state index contributed by atoms with van der Waals surface area (Å²) < 4.78 is 4.14.